The van der Waals surface area contributed by atoms with E-state index in [1.165, 1.54) is 24.3 Å². The molecule has 0 amide bonds. The van der Waals surface area contributed by atoms with Gasteiger partial charge in [0.2, 0.25) is 0 Å². The zero-order valence-electron chi connectivity index (χ0n) is 7.11. The van der Waals surface area contributed by atoms with E-state index in [2.05, 4.69) is 4.74 Å². The molecule has 1 N–H and O–H groups in total. The number of carbonyl (C=O) groups is 1. The molecule has 0 aromatic heterocycles. The molecule has 72 valence electrons. The highest BCUT2D eigenvalue weighted by Gasteiger charge is 2.31. The van der Waals surface area contributed by atoms with E-state index in [0.29, 0.717) is 5.56 Å². The maximum Gasteiger partial charge on any atom is 0.326 e. The molecule has 14 heavy (non-hydrogen) atoms. The van der Waals surface area contributed by atoms with Crippen LogP contribution in [0.25, 0.3) is 0 Å². The van der Waals surface area contributed by atoms with Gasteiger partial charge in [-0.3, -0.25) is 4.79 Å². The number of ether oxygens (including phenoxy) is 1. The molecule has 0 saturated heterocycles. The molecular formula is C10H7FO3. The second-order valence-corrected chi connectivity index (χ2v) is 2.96. The molecular weight excluding hydrogens is 187 g/mol. The van der Waals surface area contributed by atoms with Gasteiger partial charge in [0.1, 0.15) is 23.8 Å². The Morgan fingerprint density at radius 2 is 1.93 bits per heavy atom. The first-order valence-corrected chi connectivity index (χ1v) is 4.03. The van der Waals surface area contributed by atoms with E-state index in [1.54, 1.807) is 0 Å². The molecule has 0 radical (unpaired) electrons. The summed E-state index contributed by atoms with van der Waals surface area (Å²) in [5, 5.41) is 9.30. The minimum absolute atomic E-state index is 0.151. The molecule has 0 aliphatic carbocycles. The summed E-state index contributed by atoms with van der Waals surface area (Å²) in [7, 11) is 0. The van der Waals surface area contributed by atoms with E-state index < -0.39 is 11.9 Å². The van der Waals surface area contributed by atoms with Crippen molar-refractivity contribution in [2.24, 2.45) is 0 Å². The number of carbonyl (C=O) groups excluding carboxylic acids is 1. The average molecular weight is 194 g/mol. The average Bonchev–Trinajstić information content (AvgIpc) is 2.49. The van der Waals surface area contributed by atoms with E-state index in [9.17, 15) is 14.3 Å². The Morgan fingerprint density at radius 1 is 1.29 bits per heavy atom. The lowest BCUT2D eigenvalue weighted by atomic mass is 9.99. The summed E-state index contributed by atoms with van der Waals surface area (Å²) in [5.74, 6) is -1.89. The monoisotopic (exact) mass is 194 g/mol. The number of aliphatic hydroxyl groups excluding tert-OH is 1. The number of esters is 1. The van der Waals surface area contributed by atoms with Crippen molar-refractivity contribution in [1.82, 2.24) is 0 Å². The number of hydrogen-bond donors (Lipinski definition) is 1. The molecule has 4 heteroatoms. The van der Waals surface area contributed by atoms with Crippen LogP contribution in [0.15, 0.2) is 36.3 Å². The number of halogens is 1. The minimum atomic E-state index is -0.810. The van der Waals surface area contributed by atoms with Crippen LogP contribution < -0.4 is 0 Å². The first-order chi connectivity index (χ1) is 6.68. The summed E-state index contributed by atoms with van der Waals surface area (Å²) in [6, 6.07) is 5.34. The highest BCUT2D eigenvalue weighted by molar-refractivity contribution is 5.84. The zero-order valence-corrected chi connectivity index (χ0v) is 7.11. The van der Waals surface area contributed by atoms with Gasteiger partial charge in [0.05, 0.1) is 0 Å². The van der Waals surface area contributed by atoms with Gasteiger partial charge in [0.25, 0.3) is 0 Å². The lowest BCUT2D eigenvalue weighted by Crippen LogP contribution is -2.09. The second-order valence-electron chi connectivity index (χ2n) is 2.96. The highest BCUT2D eigenvalue weighted by atomic mass is 19.1. The summed E-state index contributed by atoms with van der Waals surface area (Å²) in [6.07, 6.45) is 0.996. The molecule has 1 aromatic rings. The number of benzene rings is 1. The first-order valence-electron chi connectivity index (χ1n) is 4.03. The fourth-order valence-corrected chi connectivity index (χ4v) is 1.34. The van der Waals surface area contributed by atoms with Crippen molar-refractivity contribution in [1.29, 1.82) is 0 Å². The van der Waals surface area contributed by atoms with Gasteiger partial charge in [0.15, 0.2) is 0 Å². The Kier molecular flexibility index (Phi) is 1.96. The minimum Gasteiger partial charge on any atom is -0.508 e. The third kappa shape index (κ3) is 1.35. The molecule has 1 heterocycles. The zero-order chi connectivity index (χ0) is 10.1. The largest absolute Gasteiger partial charge is 0.508 e. The van der Waals surface area contributed by atoms with Crippen LogP contribution in [-0.4, -0.2) is 11.1 Å². The predicted molar refractivity (Wildman–Crippen MR) is 45.9 cm³/mol. The smallest absolute Gasteiger partial charge is 0.326 e. The first kappa shape index (κ1) is 8.74. The normalized spacial score (nSPS) is 20.5. The van der Waals surface area contributed by atoms with Crippen molar-refractivity contribution in [3.8, 4) is 0 Å². The van der Waals surface area contributed by atoms with Gasteiger partial charge in [-0.1, -0.05) is 12.1 Å². The lowest BCUT2D eigenvalue weighted by Gasteiger charge is -2.06. The third-order valence-electron chi connectivity index (χ3n) is 2.03. The number of rotatable bonds is 1. The van der Waals surface area contributed by atoms with Crippen molar-refractivity contribution in [3.05, 3.63) is 47.7 Å². The van der Waals surface area contributed by atoms with E-state index in [4.69, 9.17) is 0 Å². The summed E-state index contributed by atoms with van der Waals surface area (Å²) in [5.41, 5.74) is 0.516. The molecule has 1 unspecified atom stereocenters. The molecule has 1 atom stereocenters. The van der Waals surface area contributed by atoms with Gasteiger partial charge in [0, 0.05) is 0 Å². The summed E-state index contributed by atoms with van der Waals surface area (Å²) < 4.78 is 17.1. The fourth-order valence-electron chi connectivity index (χ4n) is 1.34. The topological polar surface area (TPSA) is 46.5 Å². The highest BCUT2D eigenvalue weighted by Crippen LogP contribution is 2.28. The Morgan fingerprint density at radius 3 is 2.43 bits per heavy atom. The molecule has 1 aromatic carbocycles. The molecule has 3 nitrogen and oxygen atoms in total. The van der Waals surface area contributed by atoms with Gasteiger partial charge < -0.3 is 9.84 Å². The van der Waals surface area contributed by atoms with Crippen LogP contribution in [0.3, 0.4) is 0 Å². The van der Waals surface area contributed by atoms with E-state index in [-0.39, 0.29) is 11.6 Å². The van der Waals surface area contributed by atoms with Gasteiger partial charge in [-0.25, -0.2) is 4.39 Å². The molecule has 0 spiro atoms. The maximum atomic E-state index is 12.6. The molecule has 0 bridgehead atoms. The Labute approximate surface area is 79.4 Å². The van der Waals surface area contributed by atoms with Crippen molar-refractivity contribution < 1.29 is 19.0 Å². The number of cyclic esters (lactones) is 1. The van der Waals surface area contributed by atoms with Gasteiger partial charge >= 0.3 is 5.97 Å². The number of aliphatic hydroxyl groups is 1. The van der Waals surface area contributed by atoms with Crippen LogP contribution >= 0.6 is 0 Å². The number of hydrogen-bond acceptors (Lipinski definition) is 3. The Hall–Kier alpha value is -1.84. The second kappa shape index (κ2) is 3.14. The van der Waals surface area contributed by atoms with Gasteiger partial charge in [-0.2, -0.15) is 0 Å². The molecule has 0 saturated carbocycles. The van der Waals surface area contributed by atoms with Crippen molar-refractivity contribution in [3.63, 3.8) is 0 Å². The summed E-state index contributed by atoms with van der Waals surface area (Å²) in [4.78, 5) is 11.1. The van der Waals surface area contributed by atoms with Crippen LogP contribution in [0.4, 0.5) is 4.39 Å². The van der Waals surface area contributed by atoms with Crippen LogP contribution in [-0.2, 0) is 9.53 Å². The van der Waals surface area contributed by atoms with E-state index >= 15 is 0 Å². The molecule has 1 aliphatic heterocycles. The van der Waals surface area contributed by atoms with Crippen molar-refractivity contribution in [2.45, 2.75) is 5.92 Å². The Balaban J connectivity index is 2.35. The maximum absolute atomic E-state index is 12.6. The van der Waals surface area contributed by atoms with Crippen LogP contribution in [0.1, 0.15) is 11.5 Å². The van der Waals surface area contributed by atoms with Crippen LogP contribution in [0.2, 0.25) is 0 Å². The summed E-state index contributed by atoms with van der Waals surface area (Å²) >= 11 is 0. The van der Waals surface area contributed by atoms with Gasteiger partial charge in [-0.15, -0.1) is 0 Å². The quantitative estimate of drug-likeness (QED) is 0.694. The van der Waals surface area contributed by atoms with Crippen molar-refractivity contribution >= 4 is 5.97 Å². The van der Waals surface area contributed by atoms with Crippen molar-refractivity contribution in [2.75, 3.05) is 0 Å². The molecule has 0 fully saturated rings. The third-order valence-corrected chi connectivity index (χ3v) is 2.03. The van der Waals surface area contributed by atoms with E-state index in [1.807, 2.05) is 0 Å². The molecule has 1 aliphatic rings. The fraction of sp³-hybridized carbons (Fsp3) is 0.100. The van der Waals surface area contributed by atoms with Crippen LogP contribution in [0.5, 0.6) is 0 Å². The summed E-state index contributed by atoms with van der Waals surface area (Å²) in [6.45, 7) is 0. The molecule has 2 rings (SSSR count). The van der Waals surface area contributed by atoms with Gasteiger partial charge in [-0.05, 0) is 17.7 Å². The predicted octanol–water partition coefficient (Wildman–Crippen LogP) is 1.87. The van der Waals surface area contributed by atoms with E-state index in [0.717, 1.165) is 6.26 Å². The van der Waals surface area contributed by atoms with Crippen LogP contribution in [0, 0.1) is 5.82 Å². The standard InChI is InChI=1S/C10H7FO3/c11-7-3-1-6(2-4-7)9-8(12)5-14-10(9)13/h1-5,9,12H. The lowest BCUT2D eigenvalue weighted by molar-refractivity contribution is -0.136. The Bertz CT molecular complexity index is 394. The SMILES string of the molecule is O=C1OC=C(O)C1c1ccc(F)cc1.